The minimum Gasteiger partial charge on any atom is -0.454 e. The zero-order valence-corrected chi connectivity index (χ0v) is 14.8. The number of fused-ring (bicyclic) bond motifs is 6. The summed E-state index contributed by atoms with van der Waals surface area (Å²) in [6, 6.07) is 23.0. The number of rotatable bonds is 2. The molecule has 0 saturated carbocycles. The average molecular weight is 366 g/mol. The first kappa shape index (κ1) is 15.2. The van der Waals surface area contributed by atoms with E-state index in [1.807, 2.05) is 72.8 Å². The fraction of sp³-hybridized carbons (Fsp3) is 0.0435. The molecule has 0 atom stereocenters. The highest BCUT2D eigenvalue weighted by molar-refractivity contribution is 6.14. The summed E-state index contributed by atoms with van der Waals surface area (Å²) in [4.78, 5) is 18.0. The molecule has 134 valence electrons. The minimum atomic E-state index is -0.0980. The van der Waals surface area contributed by atoms with Crippen molar-refractivity contribution in [1.29, 1.82) is 0 Å². The number of hydrogen-bond acceptors (Lipinski definition) is 4. The fourth-order valence-electron chi connectivity index (χ4n) is 3.85. The summed E-state index contributed by atoms with van der Waals surface area (Å²) in [6.45, 7) is 0.227. The second kappa shape index (κ2) is 5.57. The maximum Gasteiger partial charge on any atom is 0.231 e. The predicted molar refractivity (Wildman–Crippen MR) is 106 cm³/mol. The summed E-state index contributed by atoms with van der Waals surface area (Å²) in [5.74, 6) is 1.33. The zero-order valence-electron chi connectivity index (χ0n) is 14.8. The van der Waals surface area contributed by atoms with Crippen molar-refractivity contribution in [2.75, 3.05) is 6.79 Å². The fourth-order valence-corrected chi connectivity index (χ4v) is 3.85. The van der Waals surface area contributed by atoms with Crippen LogP contribution in [0.4, 0.5) is 0 Å². The van der Waals surface area contributed by atoms with Gasteiger partial charge in [-0.2, -0.15) is 0 Å². The Hall–Kier alpha value is -3.86. The van der Waals surface area contributed by atoms with Gasteiger partial charge in [0, 0.05) is 17.0 Å². The maximum absolute atomic E-state index is 13.3. The molecule has 2 aromatic heterocycles. The summed E-state index contributed by atoms with van der Waals surface area (Å²) >= 11 is 0. The molecule has 0 radical (unpaired) electrons. The molecule has 0 N–H and O–H groups in total. The Morgan fingerprint density at radius 1 is 0.821 bits per heavy atom. The Bertz CT molecular complexity index is 1400. The van der Waals surface area contributed by atoms with E-state index >= 15 is 0 Å². The van der Waals surface area contributed by atoms with Crippen LogP contribution >= 0.6 is 0 Å². The Balaban J connectivity index is 1.75. The third kappa shape index (κ3) is 2.07. The highest BCUT2D eigenvalue weighted by Crippen LogP contribution is 2.38. The lowest BCUT2D eigenvalue weighted by Gasteiger charge is -2.09. The first-order valence-corrected chi connectivity index (χ1v) is 9.03. The van der Waals surface area contributed by atoms with E-state index in [-0.39, 0.29) is 12.6 Å². The van der Waals surface area contributed by atoms with Crippen LogP contribution in [0.2, 0.25) is 0 Å². The number of hydrogen-bond donors (Lipinski definition) is 0. The monoisotopic (exact) mass is 366 g/mol. The van der Waals surface area contributed by atoms with Gasteiger partial charge in [-0.15, -0.1) is 0 Å². The third-order valence-corrected chi connectivity index (χ3v) is 5.14. The van der Waals surface area contributed by atoms with Crippen LogP contribution in [0.3, 0.4) is 0 Å². The van der Waals surface area contributed by atoms with Gasteiger partial charge in [0.05, 0.1) is 22.1 Å². The predicted octanol–water partition coefficient (Wildman–Crippen LogP) is 4.60. The number of carbonyl (C=O) groups is 1. The van der Waals surface area contributed by atoms with Gasteiger partial charge in [0.2, 0.25) is 12.6 Å². The van der Waals surface area contributed by atoms with Crippen molar-refractivity contribution < 1.29 is 14.3 Å². The van der Waals surface area contributed by atoms with Crippen LogP contribution in [0.25, 0.3) is 27.5 Å². The van der Waals surface area contributed by atoms with Crippen molar-refractivity contribution in [3.8, 4) is 11.5 Å². The molecule has 5 aromatic rings. The van der Waals surface area contributed by atoms with Gasteiger partial charge in [0.15, 0.2) is 11.5 Å². The van der Waals surface area contributed by atoms with E-state index in [2.05, 4.69) is 4.40 Å². The largest absolute Gasteiger partial charge is 0.454 e. The quantitative estimate of drug-likeness (QED) is 0.429. The summed E-state index contributed by atoms with van der Waals surface area (Å²) in [5, 5.41) is 0.976. The molecule has 0 bridgehead atoms. The third-order valence-electron chi connectivity index (χ3n) is 5.14. The molecule has 5 nitrogen and oxygen atoms in total. The Morgan fingerprint density at radius 2 is 1.57 bits per heavy atom. The smallest absolute Gasteiger partial charge is 0.231 e. The highest BCUT2D eigenvalue weighted by Gasteiger charge is 2.21. The number of benzene rings is 3. The van der Waals surface area contributed by atoms with Crippen molar-refractivity contribution in [2.45, 2.75) is 0 Å². The molecule has 3 aromatic carbocycles. The second-order valence-corrected chi connectivity index (χ2v) is 6.77. The van der Waals surface area contributed by atoms with Crippen LogP contribution in [-0.2, 0) is 0 Å². The van der Waals surface area contributed by atoms with Gasteiger partial charge in [-0.05, 0) is 24.3 Å². The Kier molecular flexibility index (Phi) is 3.03. The van der Waals surface area contributed by atoms with E-state index in [4.69, 9.17) is 14.5 Å². The maximum atomic E-state index is 13.3. The topological polar surface area (TPSA) is 52.8 Å². The first-order valence-electron chi connectivity index (χ1n) is 9.03. The number of para-hydroxylation sites is 2. The molecule has 0 spiro atoms. The normalized spacial score (nSPS) is 12.9. The van der Waals surface area contributed by atoms with Crippen LogP contribution < -0.4 is 9.47 Å². The van der Waals surface area contributed by atoms with Gasteiger partial charge < -0.3 is 13.9 Å². The van der Waals surface area contributed by atoms with Crippen molar-refractivity contribution in [3.63, 3.8) is 0 Å². The van der Waals surface area contributed by atoms with Crippen molar-refractivity contribution in [2.24, 2.45) is 0 Å². The second-order valence-electron chi connectivity index (χ2n) is 6.77. The first-order chi connectivity index (χ1) is 13.8. The van der Waals surface area contributed by atoms with Gasteiger partial charge >= 0.3 is 0 Å². The van der Waals surface area contributed by atoms with Gasteiger partial charge in [-0.1, -0.05) is 42.5 Å². The number of aromatic nitrogens is 2. The van der Waals surface area contributed by atoms with Gasteiger partial charge in [0.25, 0.3) is 0 Å². The molecule has 0 amide bonds. The molecule has 0 fully saturated rings. The molecule has 28 heavy (non-hydrogen) atoms. The molecule has 0 aliphatic carbocycles. The molecule has 6 rings (SSSR count). The van der Waals surface area contributed by atoms with Crippen LogP contribution in [-0.4, -0.2) is 22.0 Å². The van der Waals surface area contributed by atoms with E-state index in [0.717, 1.165) is 33.2 Å². The van der Waals surface area contributed by atoms with E-state index in [9.17, 15) is 4.79 Å². The number of nitrogens with zero attached hydrogens (tertiary/aromatic N) is 2. The summed E-state index contributed by atoms with van der Waals surface area (Å²) < 4.78 is 13.2. The molecular weight excluding hydrogens is 352 g/mol. The average Bonchev–Trinajstić information content (AvgIpc) is 3.35. The molecule has 0 saturated heterocycles. The molecule has 1 aliphatic rings. The summed E-state index contributed by atoms with van der Waals surface area (Å²) in [5.41, 5.74) is 4.49. The van der Waals surface area contributed by atoms with E-state index in [1.165, 1.54) is 0 Å². The lowest BCUT2D eigenvalue weighted by atomic mass is 10.1. The molecule has 3 heterocycles. The lowest BCUT2D eigenvalue weighted by Crippen LogP contribution is -2.07. The van der Waals surface area contributed by atoms with Gasteiger partial charge in [-0.25, -0.2) is 4.98 Å². The number of ether oxygens (including phenoxy) is 2. The molecular formula is C23H14N2O3. The Morgan fingerprint density at radius 3 is 2.43 bits per heavy atom. The Labute approximate surface area is 159 Å². The zero-order chi connectivity index (χ0) is 18.7. The van der Waals surface area contributed by atoms with E-state index in [0.29, 0.717) is 17.0 Å². The number of carbonyl (C=O) groups excluding carboxylic acids is 1. The van der Waals surface area contributed by atoms with E-state index < -0.39 is 0 Å². The summed E-state index contributed by atoms with van der Waals surface area (Å²) in [6.07, 6.45) is 0. The standard InChI is InChI=1S/C23H14N2O3/c26-23(14-6-2-1-3-7-14)22-19-10-15-11-20-21(28-13-27-20)12-18(15)25(19)17-9-5-4-8-16(17)24-22/h1-12H,13H2. The van der Waals surface area contributed by atoms with Gasteiger partial charge in [0.1, 0.15) is 5.69 Å². The van der Waals surface area contributed by atoms with Crippen LogP contribution in [0.1, 0.15) is 16.1 Å². The van der Waals surface area contributed by atoms with Crippen LogP contribution in [0.15, 0.2) is 72.8 Å². The van der Waals surface area contributed by atoms with E-state index in [1.54, 1.807) is 0 Å². The van der Waals surface area contributed by atoms with Crippen molar-refractivity contribution >= 4 is 33.2 Å². The molecule has 5 heteroatoms. The number of ketones is 1. The highest BCUT2D eigenvalue weighted by atomic mass is 16.7. The van der Waals surface area contributed by atoms with Crippen molar-refractivity contribution in [3.05, 3.63) is 84.1 Å². The van der Waals surface area contributed by atoms with Crippen LogP contribution in [0.5, 0.6) is 11.5 Å². The summed E-state index contributed by atoms with van der Waals surface area (Å²) in [7, 11) is 0. The van der Waals surface area contributed by atoms with Gasteiger partial charge in [-0.3, -0.25) is 4.79 Å². The minimum absolute atomic E-state index is 0.0980. The van der Waals surface area contributed by atoms with Crippen molar-refractivity contribution in [1.82, 2.24) is 9.38 Å². The van der Waals surface area contributed by atoms with Crippen LogP contribution in [0, 0.1) is 0 Å². The lowest BCUT2D eigenvalue weighted by molar-refractivity contribution is 0.103. The SMILES string of the molecule is O=C(c1ccccc1)c1nc2ccccc2n2c1cc1cc3c(cc12)OCO3. The molecule has 1 aliphatic heterocycles. The molecule has 0 unspecified atom stereocenters.